The maximum absolute atomic E-state index is 13.6. The third-order valence-electron chi connectivity index (χ3n) is 5.87. The van der Waals surface area contributed by atoms with Crippen LogP contribution in [0.1, 0.15) is 42.9 Å². The molecule has 1 heterocycles. The second-order valence-electron chi connectivity index (χ2n) is 7.90. The Morgan fingerprint density at radius 3 is 2.59 bits per heavy atom. The van der Waals surface area contributed by atoms with Crippen molar-refractivity contribution >= 4 is 21.5 Å². The van der Waals surface area contributed by atoms with E-state index < -0.39 is 0 Å². The lowest BCUT2D eigenvalue weighted by Crippen LogP contribution is -1.98. The van der Waals surface area contributed by atoms with Gasteiger partial charge in [0.2, 0.25) is 0 Å². The molecule has 0 unspecified atom stereocenters. The number of hydrogen-bond donors (Lipinski definition) is 0. The summed E-state index contributed by atoms with van der Waals surface area (Å²) in [6.45, 7) is 4.55. The number of halogens is 1. The molecule has 0 saturated carbocycles. The van der Waals surface area contributed by atoms with Crippen molar-refractivity contribution in [1.82, 2.24) is 4.98 Å². The van der Waals surface area contributed by atoms with Gasteiger partial charge in [-0.1, -0.05) is 32.0 Å². The fraction of sp³-hybridized carbons (Fsp3) is 0.240. The van der Waals surface area contributed by atoms with Crippen molar-refractivity contribution in [3.63, 3.8) is 0 Å². The molecular weight excluding hydrogens is 333 g/mol. The highest BCUT2D eigenvalue weighted by Gasteiger charge is 2.19. The fourth-order valence-corrected chi connectivity index (χ4v) is 4.59. The van der Waals surface area contributed by atoms with Crippen molar-refractivity contribution in [2.45, 2.75) is 39.0 Å². The molecule has 0 spiro atoms. The van der Waals surface area contributed by atoms with E-state index in [1.807, 2.05) is 24.4 Å². The van der Waals surface area contributed by atoms with Crippen LogP contribution < -0.4 is 0 Å². The SMILES string of the molecule is CC(C)c1cc(-c2nccc3c2ccc2cc(F)ccc23)cc2c1CCC2. The summed E-state index contributed by atoms with van der Waals surface area (Å²) in [6.07, 6.45) is 5.48. The monoisotopic (exact) mass is 355 g/mol. The molecule has 1 aliphatic carbocycles. The highest BCUT2D eigenvalue weighted by molar-refractivity contribution is 6.11. The van der Waals surface area contributed by atoms with E-state index in [2.05, 4.69) is 32.0 Å². The van der Waals surface area contributed by atoms with Crippen molar-refractivity contribution in [2.75, 3.05) is 0 Å². The molecular formula is C25H22FN. The summed E-state index contributed by atoms with van der Waals surface area (Å²) in [7, 11) is 0. The molecule has 1 aliphatic rings. The summed E-state index contributed by atoms with van der Waals surface area (Å²) in [4.78, 5) is 4.75. The van der Waals surface area contributed by atoms with E-state index in [0.717, 1.165) is 33.7 Å². The van der Waals surface area contributed by atoms with Gasteiger partial charge in [0.05, 0.1) is 5.69 Å². The van der Waals surface area contributed by atoms with Crippen LogP contribution in [-0.4, -0.2) is 4.98 Å². The van der Waals surface area contributed by atoms with Crippen molar-refractivity contribution in [1.29, 1.82) is 0 Å². The van der Waals surface area contributed by atoms with Crippen LogP contribution in [-0.2, 0) is 12.8 Å². The topological polar surface area (TPSA) is 12.9 Å². The summed E-state index contributed by atoms with van der Waals surface area (Å²) in [6, 6.07) is 15.8. The molecule has 3 aromatic carbocycles. The van der Waals surface area contributed by atoms with Crippen molar-refractivity contribution in [3.05, 3.63) is 77.2 Å². The molecule has 0 N–H and O–H groups in total. The predicted octanol–water partition coefficient (Wildman–Crippen LogP) is 6.81. The standard InChI is InChI=1S/C25H22FN/c1-15(2)24-14-18(12-16-4-3-5-20(16)24)25-23-8-6-17-13-19(26)7-9-21(17)22(23)10-11-27-25/h6-15H,3-5H2,1-2H3. The first-order chi connectivity index (χ1) is 13.1. The summed E-state index contributed by atoms with van der Waals surface area (Å²) in [5.74, 6) is 0.312. The van der Waals surface area contributed by atoms with Crippen LogP contribution in [0.5, 0.6) is 0 Å². The molecule has 0 aliphatic heterocycles. The van der Waals surface area contributed by atoms with Gasteiger partial charge in [-0.15, -0.1) is 0 Å². The normalized spacial score (nSPS) is 13.6. The van der Waals surface area contributed by atoms with Crippen LogP contribution in [0, 0.1) is 5.82 Å². The van der Waals surface area contributed by atoms with E-state index in [-0.39, 0.29) is 5.82 Å². The fourth-order valence-electron chi connectivity index (χ4n) is 4.59. The van der Waals surface area contributed by atoms with Gasteiger partial charge < -0.3 is 0 Å². The average Bonchev–Trinajstić information content (AvgIpc) is 3.14. The molecule has 0 amide bonds. The third kappa shape index (κ3) is 2.63. The van der Waals surface area contributed by atoms with Gasteiger partial charge >= 0.3 is 0 Å². The van der Waals surface area contributed by atoms with Crippen LogP contribution in [0.2, 0.25) is 0 Å². The van der Waals surface area contributed by atoms with Gasteiger partial charge in [-0.05, 0) is 88.4 Å². The lowest BCUT2D eigenvalue weighted by Gasteiger charge is -2.16. The smallest absolute Gasteiger partial charge is 0.123 e. The van der Waals surface area contributed by atoms with Crippen LogP contribution in [0.3, 0.4) is 0 Å². The quantitative estimate of drug-likeness (QED) is 0.360. The minimum atomic E-state index is -0.198. The Morgan fingerprint density at radius 1 is 0.889 bits per heavy atom. The predicted molar refractivity (Wildman–Crippen MR) is 111 cm³/mol. The zero-order valence-corrected chi connectivity index (χ0v) is 15.7. The molecule has 0 atom stereocenters. The second-order valence-corrected chi connectivity index (χ2v) is 7.90. The lowest BCUT2D eigenvalue weighted by molar-refractivity contribution is 0.630. The number of aromatic nitrogens is 1. The minimum Gasteiger partial charge on any atom is -0.256 e. The number of fused-ring (bicyclic) bond motifs is 4. The summed E-state index contributed by atoms with van der Waals surface area (Å²) in [5, 5.41) is 4.26. The Labute approximate surface area is 158 Å². The molecule has 0 bridgehead atoms. The zero-order chi connectivity index (χ0) is 18.5. The van der Waals surface area contributed by atoms with Crippen molar-refractivity contribution in [3.8, 4) is 11.3 Å². The maximum Gasteiger partial charge on any atom is 0.123 e. The molecule has 1 nitrogen and oxygen atoms in total. The van der Waals surface area contributed by atoms with Gasteiger partial charge in [0.1, 0.15) is 5.82 Å². The Kier molecular flexibility index (Phi) is 3.75. The lowest BCUT2D eigenvalue weighted by atomic mass is 9.90. The Bertz CT molecular complexity index is 1190. The number of benzene rings is 3. The maximum atomic E-state index is 13.6. The molecule has 0 fully saturated rings. The third-order valence-corrected chi connectivity index (χ3v) is 5.87. The first-order valence-electron chi connectivity index (χ1n) is 9.75. The number of aryl methyl sites for hydroxylation is 1. The van der Waals surface area contributed by atoms with Crippen LogP contribution in [0.25, 0.3) is 32.8 Å². The highest BCUT2D eigenvalue weighted by Crippen LogP contribution is 2.37. The molecule has 0 saturated heterocycles. The molecule has 134 valence electrons. The molecule has 27 heavy (non-hydrogen) atoms. The summed E-state index contributed by atoms with van der Waals surface area (Å²) >= 11 is 0. The first kappa shape index (κ1) is 16.4. The van der Waals surface area contributed by atoms with Gasteiger partial charge in [0, 0.05) is 17.1 Å². The van der Waals surface area contributed by atoms with E-state index in [1.54, 1.807) is 11.6 Å². The van der Waals surface area contributed by atoms with E-state index in [1.165, 1.54) is 35.6 Å². The second kappa shape index (κ2) is 6.16. The Balaban J connectivity index is 1.79. The van der Waals surface area contributed by atoms with E-state index >= 15 is 0 Å². The molecule has 0 radical (unpaired) electrons. The van der Waals surface area contributed by atoms with Gasteiger partial charge in [0.15, 0.2) is 0 Å². The van der Waals surface area contributed by atoms with E-state index in [0.29, 0.717) is 5.92 Å². The number of nitrogens with zero attached hydrogens (tertiary/aromatic N) is 1. The molecule has 1 aromatic heterocycles. The highest BCUT2D eigenvalue weighted by atomic mass is 19.1. The van der Waals surface area contributed by atoms with Crippen LogP contribution >= 0.6 is 0 Å². The Hall–Kier alpha value is -2.74. The number of hydrogen-bond acceptors (Lipinski definition) is 1. The number of pyridine rings is 1. The van der Waals surface area contributed by atoms with Gasteiger partial charge in [-0.25, -0.2) is 4.39 Å². The minimum absolute atomic E-state index is 0.198. The largest absolute Gasteiger partial charge is 0.256 e. The van der Waals surface area contributed by atoms with E-state index in [9.17, 15) is 4.39 Å². The zero-order valence-electron chi connectivity index (χ0n) is 15.7. The van der Waals surface area contributed by atoms with Gasteiger partial charge in [-0.3, -0.25) is 4.98 Å². The first-order valence-corrected chi connectivity index (χ1v) is 9.75. The van der Waals surface area contributed by atoms with Crippen molar-refractivity contribution in [2.24, 2.45) is 0 Å². The van der Waals surface area contributed by atoms with Crippen LogP contribution in [0.15, 0.2) is 54.7 Å². The van der Waals surface area contributed by atoms with Crippen molar-refractivity contribution < 1.29 is 4.39 Å². The van der Waals surface area contributed by atoms with Crippen LogP contribution in [0.4, 0.5) is 4.39 Å². The molecule has 5 rings (SSSR count). The molecule has 2 heteroatoms. The number of rotatable bonds is 2. The van der Waals surface area contributed by atoms with Gasteiger partial charge in [0.25, 0.3) is 0 Å². The summed E-state index contributed by atoms with van der Waals surface area (Å²) < 4.78 is 13.6. The average molecular weight is 355 g/mol. The van der Waals surface area contributed by atoms with E-state index in [4.69, 9.17) is 4.98 Å². The Morgan fingerprint density at radius 2 is 1.74 bits per heavy atom. The van der Waals surface area contributed by atoms with Gasteiger partial charge in [-0.2, -0.15) is 0 Å². The molecule has 4 aromatic rings. The summed E-state index contributed by atoms with van der Waals surface area (Å²) in [5.41, 5.74) is 6.72.